The summed E-state index contributed by atoms with van der Waals surface area (Å²) in [5.74, 6) is 2.77. The average Bonchev–Trinajstić information content (AvgIpc) is 3.19. The summed E-state index contributed by atoms with van der Waals surface area (Å²) >= 11 is 6.37. The molecule has 0 amide bonds. The number of pyridine rings is 1. The lowest BCUT2D eigenvalue weighted by Gasteiger charge is -2.48. The maximum absolute atomic E-state index is 16.0. The van der Waals surface area contributed by atoms with Crippen molar-refractivity contribution in [3.8, 4) is 23.6 Å². The molecule has 1 unspecified atom stereocenters. The van der Waals surface area contributed by atoms with Gasteiger partial charge >= 0.3 is 0 Å². The highest BCUT2D eigenvalue weighted by atomic mass is 35.5. The minimum absolute atomic E-state index is 0.139. The van der Waals surface area contributed by atoms with E-state index in [4.69, 9.17) is 18.0 Å². The van der Waals surface area contributed by atoms with Crippen LogP contribution in [0.25, 0.3) is 32.9 Å². The summed E-state index contributed by atoms with van der Waals surface area (Å²) in [6.07, 6.45) is 10.5. The number of rotatable bonds is 4. The molecule has 2 aliphatic rings. The van der Waals surface area contributed by atoms with Crippen LogP contribution in [0.4, 0.5) is 10.2 Å². The number of hydrogen-bond donors (Lipinski definition) is 1. The van der Waals surface area contributed by atoms with E-state index in [1.807, 2.05) is 23.1 Å². The van der Waals surface area contributed by atoms with E-state index in [1.165, 1.54) is 12.4 Å². The van der Waals surface area contributed by atoms with Crippen LogP contribution in [0, 0.1) is 18.2 Å². The number of benzene rings is 2. The zero-order valence-corrected chi connectivity index (χ0v) is 19.5. The number of nitrogens with zero attached hydrogens (tertiary/aromatic N) is 5. The highest BCUT2D eigenvalue weighted by molar-refractivity contribution is 6.32. The number of aliphatic hydroxyl groups excluding tert-OH is 1. The molecule has 0 bridgehead atoms. The molecule has 1 N–H and O–H groups in total. The Morgan fingerprint density at radius 1 is 1.26 bits per heavy atom. The number of anilines is 1. The van der Waals surface area contributed by atoms with Gasteiger partial charge in [-0.1, -0.05) is 36.2 Å². The van der Waals surface area contributed by atoms with Gasteiger partial charge in [0.05, 0.1) is 11.4 Å². The van der Waals surface area contributed by atoms with E-state index in [-0.39, 0.29) is 23.3 Å². The number of aromatic nitrogens is 3. The van der Waals surface area contributed by atoms with Gasteiger partial charge in [-0.25, -0.2) is 14.4 Å². The van der Waals surface area contributed by atoms with E-state index in [9.17, 15) is 5.11 Å². The van der Waals surface area contributed by atoms with Crippen LogP contribution in [-0.2, 0) is 0 Å². The van der Waals surface area contributed by atoms with Crippen LogP contribution >= 0.6 is 11.6 Å². The number of likely N-dealkylation sites (tertiary alicyclic amines) is 1. The van der Waals surface area contributed by atoms with Gasteiger partial charge in [-0.05, 0) is 36.1 Å². The van der Waals surface area contributed by atoms with Gasteiger partial charge in [-0.3, -0.25) is 9.88 Å². The number of halogens is 2. The smallest absolute Gasteiger partial charge is 0.175 e. The van der Waals surface area contributed by atoms with Crippen LogP contribution in [0.2, 0.25) is 5.02 Å². The topological polar surface area (TPSA) is 65.4 Å². The molecule has 35 heavy (non-hydrogen) atoms. The highest BCUT2D eigenvalue weighted by Gasteiger charge is 2.49. The normalized spacial score (nSPS) is 20.5. The highest BCUT2D eigenvalue weighted by Crippen LogP contribution is 2.41. The SMILES string of the molecule is C#Cc1cccc2cc(Cl)cc(-c3ncc4c(N5C[C@@H]6[C@H]5CCN6C(O)C=C)ncnc4c3F)c12. The Labute approximate surface area is 206 Å². The van der Waals surface area contributed by atoms with Crippen molar-refractivity contribution in [3.63, 3.8) is 0 Å². The maximum Gasteiger partial charge on any atom is 0.175 e. The third kappa shape index (κ3) is 3.29. The molecule has 6 rings (SSSR count). The molecule has 2 aromatic heterocycles. The zero-order chi connectivity index (χ0) is 24.3. The number of aliphatic hydroxyl groups is 1. The second-order valence-electron chi connectivity index (χ2n) is 8.84. The van der Waals surface area contributed by atoms with Gasteiger partial charge in [-0.15, -0.1) is 6.42 Å². The Hall–Kier alpha value is -3.57. The van der Waals surface area contributed by atoms with Crippen molar-refractivity contribution in [1.82, 2.24) is 19.9 Å². The minimum atomic E-state index is -0.670. The van der Waals surface area contributed by atoms with Crippen molar-refractivity contribution >= 4 is 39.1 Å². The molecule has 2 aromatic carbocycles. The van der Waals surface area contributed by atoms with Gasteiger partial charge in [-0.2, -0.15) is 0 Å². The third-order valence-corrected chi connectivity index (χ3v) is 7.33. The lowest BCUT2D eigenvalue weighted by molar-refractivity contribution is 0.0204. The largest absolute Gasteiger partial charge is 0.375 e. The van der Waals surface area contributed by atoms with Crippen molar-refractivity contribution in [2.75, 3.05) is 18.0 Å². The molecule has 0 saturated carbocycles. The fourth-order valence-electron chi connectivity index (χ4n) is 5.45. The maximum atomic E-state index is 16.0. The molecular formula is C27H21ClFN5O. The zero-order valence-electron chi connectivity index (χ0n) is 18.7. The van der Waals surface area contributed by atoms with Gasteiger partial charge in [0, 0.05) is 46.9 Å². The van der Waals surface area contributed by atoms with Gasteiger partial charge in [0.25, 0.3) is 0 Å². The van der Waals surface area contributed by atoms with E-state index >= 15 is 4.39 Å². The van der Waals surface area contributed by atoms with Crippen LogP contribution in [-0.4, -0.2) is 56.4 Å². The Morgan fingerprint density at radius 2 is 2.11 bits per heavy atom. The first kappa shape index (κ1) is 21.9. The fourth-order valence-corrected chi connectivity index (χ4v) is 5.68. The number of terminal acetylenes is 1. The molecule has 174 valence electrons. The molecule has 0 aliphatic carbocycles. The molecule has 2 aliphatic heterocycles. The van der Waals surface area contributed by atoms with Crippen molar-refractivity contribution in [3.05, 3.63) is 71.9 Å². The lowest BCUT2D eigenvalue weighted by atomic mass is 9.95. The van der Waals surface area contributed by atoms with Crippen LogP contribution < -0.4 is 4.90 Å². The molecule has 0 radical (unpaired) electrons. The number of hydrogen-bond acceptors (Lipinski definition) is 6. The van der Waals surface area contributed by atoms with Crippen LogP contribution in [0.5, 0.6) is 0 Å². The predicted octanol–water partition coefficient (Wildman–Crippen LogP) is 4.39. The average molecular weight is 486 g/mol. The quantitative estimate of drug-likeness (QED) is 0.342. The molecule has 4 aromatic rings. The summed E-state index contributed by atoms with van der Waals surface area (Å²) in [6, 6.07) is 9.41. The fraction of sp³-hybridized carbons (Fsp3) is 0.222. The van der Waals surface area contributed by atoms with Gasteiger partial charge in [0.15, 0.2) is 5.82 Å². The summed E-state index contributed by atoms with van der Waals surface area (Å²) in [6.45, 7) is 5.13. The van der Waals surface area contributed by atoms with Gasteiger partial charge < -0.3 is 10.0 Å². The Kier molecular flexibility index (Phi) is 5.19. The summed E-state index contributed by atoms with van der Waals surface area (Å²) in [5.41, 5.74) is 1.49. The summed E-state index contributed by atoms with van der Waals surface area (Å²) in [4.78, 5) is 17.4. The number of fused-ring (bicyclic) bond motifs is 3. The van der Waals surface area contributed by atoms with Crippen LogP contribution in [0.1, 0.15) is 12.0 Å². The molecule has 0 spiro atoms. The van der Waals surface area contributed by atoms with E-state index in [0.717, 1.165) is 23.7 Å². The predicted molar refractivity (Wildman–Crippen MR) is 136 cm³/mol. The Morgan fingerprint density at radius 3 is 2.91 bits per heavy atom. The lowest BCUT2D eigenvalue weighted by Crippen LogP contribution is -2.63. The van der Waals surface area contributed by atoms with Crippen molar-refractivity contribution in [1.29, 1.82) is 0 Å². The molecule has 2 fully saturated rings. The Balaban J connectivity index is 1.45. The first-order valence-electron chi connectivity index (χ1n) is 11.3. The molecule has 2 saturated heterocycles. The van der Waals surface area contributed by atoms with Gasteiger partial charge in [0.2, 0.25) is 0 Å². The molecule has 4 heterocycles. The van der Waals surface area contributed by atoms with E-state index in [0.29, 0.717) is 33.9 Å². The second-order valence-corrected chi connectivity index (χ2v) is 9.28. The standard InChI is InChI=1S/C27H21ClFN5O/c1-3-15-6-5-7-16-10-17(28)11-18(23(15)16)25-24(29)26-19(12-30-25)27(32-14-31-26)34-13-21-20(34)8-9-33(21)22(35)4-2/h1,4-7,10-12,14,20-22,35H,2,8-9,13H2/t20-,21-,22?/m1/s1. The van der Waals surface area contributed by atoms with Crippen LogP contribution in [0.15, 0.2) is 55.5 Å². The third-order valence-electron chi connectivity index (χ3n) is 7.11. The van der Waals surface area contributed by atoms with Crippen molar-refractivity contribution < 1.29 is 9.50 Å². The first-order chi connectivity index (χ1) is 17.0. The van der Waals surface area contributed by atoms with Crippen LogP contribution in [0.3, 0.4) is 0 Å². The molecule has 3 atom stereocenters. The van der Waals surface area contributed by atoms with E-state index in [2.05, 4.69) is 32.4 Å². The summed E-state index contributed by atoms with van der Waals surface area (Å²) < 4.78 is 16.0. The monoisotopic (exact) mass is 485 g/mol. The first-order valence-corrected chi connectivity index (χ1v) is 11.7. The van der Waals surface area contributed by atoms with E-state index < -0.39 is 12.0 Å². The molecular weight excluding hydrogens is 465 g/mol. The Bertz CT molecular complexity index is 1550. The van der Waals surface area contributed by atoms with Gasteiger partial charge in [0.1, 0.15) is 29.6 Å². The van der Waals surface area contributed by atoms with Crippen molar-refractivity contribution in [2.24, 2.45) is 0 Å². The second kappa shape index (κ2) is 8.28. The summed E-state index contributed by atoms with van der Waals surface area (Å²) in [5, 5.41) is 12.7. The minimum Gasteiger partial charge on any atom is -0.375 e. The molecule has 6 nitrogen and oxygen atoms in total. The van der Waals surface area contributed by atoms with Crippen molar-refractivity contribution in [2.45, 2.75) is 24.7 Å². The molecule has 8 heteroatoms. The van der Waals surface area contributed by atoms with E-state index in [1.54, 1.807) is 18.3 Å². The summed E-state index contributed by atoms with van der Waals surface area (Å²) in [7, 11) is 0.